The van der Waals surface area contributed by atoms with Crippen molar-refractivity contribution in [1.82, 2.24) is 4.57 Å². The molecular weight excluding hydrogens is 550 g/mol. The quantitative estimate of drug-likeness (QED) is 0.206. The maximum atomic E-state index is 10.3. The number of para-hydroxylation sites is 1. The first-order valence-electron chi connectivity index (χ1n) is 15.1. The zero-order valence-corrected chi connectivity index (χ0v) is 24.7. The molecule has 0 amide bonds. The highest BCUT2D eigenvalue weighted by Crippen LogP contribution is 2.51. The molecule has 210 valence electrons. The second-order valence-corrected chi connectivity index (χ2v) is 12.4. The van der Waals surface area contributed by atoms with Crippen LogP contribution in [0, 0.1) is 22.7 Å². The van der Waals surface area contributed by atoms with Gasteiger partial charge in [0.05, 0.1) is 40.0 Å². The number of hydrogen-bond donors (Lipinski definition) is 0. The number of hydrogen-bond acceptors (Lipinski definition) is 3. The Hall–Kier alpha value is -6.10. The molecule has 2 heterocycles. The van der Waals surface area contributed by atoms with Crippen molar-refractivity contribution in [2.24, 2.45) is 0 Å². The monoisotopic (exact) mass is 575 g/mol. The van der Waals surface area contributed by atoms with Gasteiger partial charge in [-0.15, -0.1) is 0 Å². The second kappa shape index (κ2) is 8.96. The number of nitrogens with zero attached hydrogens (tertiary/aromatic N) is 3. The topological polar surface area (TPSA) is 65.7 Å². The van der Waals surface area contributed by atoms with Gasteiger partial charge in [0.1, 0.15) is 11.2 Å². The van der Waals surface area contributed by atoms with Crippen LogP contribution in [0.25, 0.3) is 71.7 Å². The molecule has 6 aromatic carbocycles. The summed E-state index contributed by atoms with van der Waals surface area (Å²) >= 11 is 0. The van der Waals surface area contributed by atoms with Crippen LogP contribution in [0.3, 0.4) is 0 Å². The first-order chi connectivity index (χ1) is 22.0. The summed E-state index contributed by atoms with van der Waals surface area (Å²) < 4.78 is 8.79. The molecule has 4 nitrogen and oxygen atoms in total. The predicted octanol–water partition coefficient (Wildman–Crippen LogP) is 10.4. The lowest BCUT2D eigenvalue weighted by Crippen LogP contribution is -2.14. The first kappa shape index (κ1) is 25.4. The molecule has 1 aliphatic rings. The van der Waals surface area contributed by atoms with Crippen molar-refractivity contribution < 1.29 is 4.42 Å². The highest BCUT2D eigenvalue weighted by Gasteiger charge is 2.36. The highest BCUT2D eigenvalue weighted by molar-refractivity contribution is 6.11. The van der Waals surface area contributed by atoms with Gasteiger partial charge in [0.15, 0.2) is 0 Å². The molecule has 2 aromatic heterocycles. The summed E-state index contributed by atoms with van der Waals surface area (Å²) in [6.07, 6.45) is 0. The van der Waals surface area contributed by atoms with Gasteiger partial charge >= 0.3 is 0 Å². The Labute approximate surface area is 259 Å². The van der Waals surface area contributed by atoms with Gasteiger partial charge in [0.2, 0.25) is 0 Å². The number of furan rings is 1. The molecule has 0 bridgehead atoms. The van der Waals surface area contributed by atoms with Gasteiger partial charge in [-0.3, -0.25) is 0 Å². The average Bonchev–Trinajstić information content (AvgIpc) is 3.68. The molecule has 0 spiro atoms. The van der Waals surface area contributed by atoms with Crippen molar-refractivity contribution in [2.45, 2.75) is 19.3 Å². The Morgan fingerprint density at radius 3 is 2.27 bits per heavy atom. The fourth-order valence-corrected chi connectivity index (χ4v) is 7.55. The minimum Gasteiger partial charge on any atom is -0.456 e. The third-order valence-electron chi connectivity index (χ3n) is 9.67. The summed E-state index contributed by atoms with van der Waals surface area (Å²) in [4.78, 5) is 0. The van der Waals surface area contributed by atoms with Gasteiger partial charge in [-0.25, -0.2) is 0 Å². The molecule has 0 unspecified atom stereocenters. The van der Waals surface area contributed by atoms with Crippen molar-refractivity contribution in [2.75, 3.05) is 0 Å². The van der Waals surface area contributed by atoms with E-state index in [2.05, 4.69) is 103 Å². The van der Waals surface area contributed by atoms with Gasteiger partial charge in [0.25, 0.3) is 0 Å². The number of aromatic nitrogens is 1. The van der Waals surface area contributed by atoms with Gasteiger partial charge < -0.3 is 8.98 Å². The van der Waals surface area contributed by atoms with E-state index in [1.807, 2.05) is 42.5 Å². The van der Waals surface area contributed by atoms with Crippen LogP contribution in [-0.4, -0.2) is 4.57 Å². The number of benzene rings is 6. The van der Waals surface area contributed by atoms with Crippen LogP contribution in [0.5, 0.6) is 0 Å². The normalized spacial score (nSPS) is 13.2. The molecule has 0 N–H and O–H groups in total. The summed E-state index contributed by atoms with van der Waals surface area (Å²) in [7, 11) is 0. The summed E-state index contributed by atoms with van der Waals surface area (Å²) in [5.74, 6) is 0. The van der Waals surface area contributed by atoms with Crippen LogP contribution in [0.4, 0.5) is 0 Å². The summed E-state index contributed by atoms with van der Waals surface area (Å²) in [5.41, 5.74) is 12.6. The fraction of sp³-hybridized carbons (Fsp3) is 0.0732. The first-order valence-corrected chi connectivity index (χ1v) is 15.1. The van der Waals surface area contributed by atoms with E-state index in [0.29, 0.717) is 11.1 Å². The smallest absolute Gasteiger partial charge is 0.136 e. The molecule has 0 atom stereocenters. The molecular formula is C41H25N3O. The van der Waals surface area contributed by atoms with E-state index in [1.165, 1.54) is 22.3 Å². The van der Waals surface area contributed by atoms with Crippen molar-refractivity contribution in [3.8, 4) is 40.1 Å². The van der Waals surface area contributed by atoms with E-state index in [9.17, 15) is 10.5 Å². The number of fused-ring (bicyclic) bond motifs is 9. The van der Waals surface area contributed by atoms with Crippen LogP contribution in [0.1, 0.15) is 36.1 Å². The van der Waals surface area contributed by atoms with Crippen molar-refractivity contribution in [1.29, 1.82) is 10.5 Å². The number of nitriles is 2. The lowest BCUT2D eigenvalue weighted by atomic mass is 9.82. The number of rotatable bonds is 2. The molecule has 8 aromatic rings. The molecule has 45 heavy (non-hydrogen) atoms. The van der Waals surface area contributed by atoms with Gasteiger partial charge in [-0.05, 0) is 88.5 Å². The second-order valence-electron chi connectivity index (χ2n) is 12.4. The molecule has 0 fully saturated rings. The van der Waals surface area contributed by atoms with Crippen LogP contribution >= 0.6 is 0 Å². The van der Waals surface area contributed by atoms with E-state index in [1.54, 1.807) is 0 Å². The predicted molar refractivity (Wildman–Crippen MR) is 180 cm³/mol. The van der Waals surface area contributed by atoms with Crippen molar-refractivity contribution in [3.05, 3.63) is 138 Å². The van der Waals surface area contributed by atoms with E-state index in [0.717, 1.165) is 60.6 Å². The Balaban J connectivity index is 1.29. The largest absolute Gasteiger partial charge is 0.456 e. The minimum atomic E-state index is -0.110. The molecule has 4 heteroatoms. The molecule has 9 rings (SSSR count). The molecule has 0 saturated carbocycles. The van der Waals surface area contributed by atoms with Crippen LogP contribution in [0.15, 0.2) is 120 Å². The molecule has 0 radical (unpaired) electrons. The van der Waals surface area contributed by atoms with Gasteiger partial charge in [0, 0.05) is 32.5 Å². The molecule has 0 aliphatic heterocycles. The average molecular weight is 576 g/mol. The summed E-state index contributed by atoms with van der Waals surface area (Å²) in [5, 5.41) is 24.1. The molecule has 1 aliphatic carbocycles. The molecule has 0 saturated heterocycles. The standard InChI is InChI=1S/C41H25N3O/c1-41(2)33-11-5-3-9-27(33)30-20-32-29-16-15-25(19-38(29)45-39(32)21-34(30)41)40-26(23-43)8-7-13-37(40)44-35-12-6-4-10-28(35)31-18-24(22-42)14-17-36(31)44/h3-21H,1-2H3. The Morgan fingerprint density at radius 1 is 0.600 bits per heavy atom. The Kier molecular flexibility index (Phi) is 5.06. The van der Waals surface area contributed by atoms with Crippen LogP contribution < -0.4 is 0 Å². The third kappa shape index (κ3) is 3.40. The van der Waals surface area contributed by atoms with E-state index in [-0.39, 0.29) is 5.41 Å². The zero-order valence-electron chi connectivity index (χ0n) is 24.7. The maximum absolute atomic E-state index is 10.3. The zero-order chi connectivity index (χ0) is 30.4. The van der Waals surface area contributed by atoms with E-state index < -0.39 is 0 Å². The minimum absolute atomic E-state index is 0.110. The third-order valence-corrected chi connectivity index (χ3v) is 9.67. The van der Waals surface area contributed by atoms with E-state index in [4.69, 9.17) is 4.42 Å². The van der Waals surface area contributed by atoms with Crippen molar-refractivity contribution >= 4 is 43.7 Å². The van der Waals surface area contributed by atoms with E-state index >= 15 is 0 Å². The van der Waals surface area contributed by atoms with Crippen molar-refractivity contribution in [3.63, 3.8) is 0 Å². The maximum Gasteiger partial charge on any atom is 0.136 e. The van der Waals surface area contributed by atoms with Gasteiger partial charge in [-0.1, -0.05) is 68.4 Å². The lowest BCUT2D eigenvalue weighted by Gasteiger charge is -2.21. The van der Waals surface area contributed by atoms with Crippen LogP contribution in [0.2, 0.25) is 0 Å². The summed E-state index contributed by atoms with van der Waals surface area (Å²) in [6, 6.07) is 44.0. The highest BCUT2D eigenvalue weighted by atomic mass is 16.3. The Bertz CT molecular complexity index is 2650. The summed E-state index contributed by atoms with van der Waals surface area (Å²) in [6.45, 7) is 4.56. The Morgan fingerprint density at radius 2 is 1.40 bits per heavy atom. The SMILES string of the molecule is CC1(C)c2ccccc2-c2cc3c(cc21)oc1cc(-c2c(C#N)cccc2-n2c4ccccc4c4cc(C#N)ccc42)ccc13. The van der Waals surface area contributed by atoms with Crippen LogP contribution in [-0.2, 0) is 5.41 Å². The van der Waals surface area contributed by atoms with Gasteiger partial charge in [-0.2, -0.15) is 10.5 Å². The fourth-order valence-electron chi connectivity index (χ4n) is 7.55. The lowest BCUT2D eigenvalue weighted by molar-refractivity contribution is 0.647.